The van der Waals surface area contributed by atoms with Crippen LogP contribution in [0.3, 0.4) is 0 Å². The van der Waals surface area contributed by atoms with Gasteiger partial charge in [0.25, 0.3) is 5.69 Å². The van der Waals surface area contributed by atoms with Gasteiger partial charge in [0, 0.05) is 18.8 Å². The summed E-state index contributed by atoms with van der Waals surface area (Å²) in [5.74, 6) is -0.638. The molecule has 0 aliphatic heterocycles. The Balaban J connectivity index is 2.07. The summed E-state index contributed by atoms with van der Waals surface area (Å²) in [6, 6.07) is 5.40. The highest BCUT2D eigenvalue weighted by Gasteiger charge is 2.11. The van der Waals surface area contributed by atoms with Crippen LogP contribution in [0.5, 0.6) is 0 Å². The van der Waals surface area contributed by atoms with Crippen LogP contribution in [0.1, 0.15) is 19.0 Å². The van der Waals surface area contributed by atoms with E-state index in [1.807, 2.05) is 10.7 Å². The van der Waals surface area contributed by atoms with Gasteiger partial charge >= 0.3 is 0 Å². The van der Waals surface area contributed by atoms with Crippen LogP contribution in [-0.4, -0.2) is 14.7 Å². The Labute approximate surface area is 115 Å². The summed E-state index contributed by atoms with van der Waals surface area (Å²) in [5, 5.41) is 17.6. The molecule has 6 nitrogen and oxygen atoms in total. The summed E-state index contributed by atoms with van der Waals surface area (Å²) in [6.45, 7) is 3.26. The lowest BCUT2D eigenvalue weighted by Crippen LogP contribution is -2.09. The molecule has 1 aromatic heterocycles. The second kappa shape index (κ2) is 6.14. The molecule has 2 aromatic rings. The standard InChI is InChI=1S/C13H15FN4O2/c1-2-7-17-11(5-6-16-17)9-15-13-4-3-10(18(19)20)8-12(13)14/h3-6,8,15H,2,7,9H2,1H3. The Morgan fingerprint density at radius 2 is 2.25 bits per heavy atom. The van der Waals surface area contributed by atoms with Crippen LogP contribution < -0.4 is 5.32 Å². The van der Waals surface area contributed by atoms with Gasteiger partial charge in [-0.25, -0.2) is 4.39 Å². The van der Waals surface area contributed by atoms with Crippen molar-refractivity contribution in [3.63, 3.8) is 0 Å². The van der Waals surface area contributed by atoms with Crippen molar-refractivity contribution >= 4 is 11.4 Å². The number of rotatable bonds is 6. The highest BCUT2D eigenvalue weighted by molar-refractivity contribution is 5.50. The fourth-order valence-electron chi connectivity index (χ4n) is 1.87. The summed E-state index contributed by atoms with van der Waals surface area (Å²) in [7, 11) is 0. The number of hydrogen-bond acceptors (Lipinski definition) is 4. The molecule has 0 unspecified atom stereocenters. The van der Waals surface area contributed by atoms with Crippen molar-refractivity contribution in [1.82, 2.24) is 9.78 Å². The molecular formula is C13H15FN4O2. The number of aromatic nitrogens is 2. The summed E-state index contributed by atoms with van der Waals surface area (Å²) in [4.78, 5) is 9.91. The molecule has 0 bridgehead atoms. The number of hydrogen-bond donors (Lipinski definition) is 1. The normalized spacial score (nSPS) is 10.5. The van der Waals surface area contributed by atoms with Gasteiger partial charge in [-0.2, -0.15) is 5.10 Å². The van der Waals surface area contributed by atoms with E-state index >= 15 is 0 Å². The molecule has 7 heteroatoms. The molecule has 1 aromatic carbocycles. The van der Waals surface area contributed by atoms with Gasteiger partial charge in [-0.05, 0) is 18.6 Å². The Kier molecular flexibility index (Phi) is 4.29. The maximum atomic E-state index is 13.7. The van der Waals surface area contributed by atoms with Crippen molar-refractivity contribution in [2.24, 2.45) is 0 Å². The first-order valence-corrected chi connectivity index (χ1v) is 6.30. The molecule has 0 atom stereocenters. The fourth-order valence-corrected chi connectivity index (χ4v) is 1.87. The smallest absolute Gasteiger partial charge is 0.272 e. The Hall–Kier alpha value is -2.44. The van der Waals surface area contributed by atoms with E-state index in [-0.39, 0.29) is 11.4 Å². The quantitative estimate of drug-likeness (QED) is 0.651. The lowest BCUT2D eigenvalue weighted by Gasteiger charge is -2.09. The number of aryl methyl sites for hydroxylation is 1. The van der Waals surface area contributed by atoms with E-state index in [4.69, 9.17) is 0 Å². The molecule has 20 heavy (non-hydrogen) atoms. The average molecular weight is 278 g/mol. The zero-order valence-corrected chi connectivity index (χ0v) is 11.0. The molecule has 0 aliphatic carbocycles. The monoisotopic (exact) mass is 278 g/mol. The fraction of sp³-hybridized carbons (Fsp3) is 0.308. The molecule has 106 valence electrons. The SMILES string of the molecule is CCCn1nccc1CNc1ccc([N+](=O)[O-])cc1F. The maximum Gasteiger partial charge on any atom is 0.272 e. The lowest BCUT2D eigenvalue weighted by molar-refractivity contribution is -0.385. The predicted molar refractivity (Wildman–Crippen MR) is 72.9 cm³/mol. The van der Waals surface area contributed by atoms with E-state index in [9.17, 15) is 14.5 Å². The molecule has 0 spiro atoms. The first kappa shape index (κ1) is 14.0. The maximum absolute atomic E-state index is 13.7. The molecule has 0 radical (unpaired) electrons. The van der Waals surface area contributed by atoms with E-state index in [0.717, 1.165) is 24.7 Å². The van der Waals surface area contributed by atoms with Crippen molar-refractivity contribution in [2.45, 2.75) is 26.4 Å². The number of nitro benzene ring substituents is 1. The van der Waals surface area contributed by atoms with E-state index in [1.165, 1.54) is 12.1 Å². The van der Waals surface area contributed by atoms with Gasteiger partial charge in [0.1, 0.15) is 0 Å². The minimum Gasteiger partial charge on any atom is -0.377 e. The second-order valence-corrected chi connectivity index (χ2v) is 4.32. The van der Waals surface area contributed by atoms with Gasteiger partial charge in [0.2, 0.25) is 0 Å². The largest absolute Gasteiger partial charge is 0.377 e. The molecule has 0 fully saturated rings. The Bertz CT molecular complexity index is 612. The van der Waals surface area contributed by atoms with Gasteiger partial charge in [0.05, 0.1) is 28.9 Å². The first-order valence-electron chi connectivity index (χ1n) is 6.30. The third kappa shape index (κ3) is 3.11. The van der Waals surface area contributed by atoms with Crippen molar-refractivity contribution in [1.29, 1.82) is 0 Å². The molecule has 2 rings (SSSR count). The molecule has 1 N–H and O–H groups in total. The van der Waals surface area contributed by atoms with E-state index < -0.39 is 10.7 Å². The van der Waals surface area contributed by atoms with Gasteiger partial charge in [-0.1, -0.05) is 6.92 Å². The van der Waals surface area contributed by atoms with Crippen LogP contribution >= 0.6 is 0 Å². The second-order valence-electron chi connectivity index (χ2n) is 4.32. The number of nitrogens with zero attached hydrogens (tertiary/aromatic N) is 3. The van der Waals surface area contributed by atoms with Crippen LogP contribution in [0.2, 0.25) is 0 Å². The first-order chi connectivity index (χ1) is 9.61. The van der Waals surface area contributed by atoms with Crippen LogP contribution in [0, 0.1) is 15.9 Å². The highest BCUT2D eigenvalue weighted by atomic mass is 19.1. The third-order valence-corrected chi connectivity index (χ3v) is 2.86. The molecule has 1 heterocycles. The minimum atomic E-state index is -0.638. The molecule has 0 amide bonds. The van der Waals surface area contributed by atoms with Crippen molar-refractivity contribution in [3.05, 3.63) is 52.1 Å². The Morgan fingerprint density at radius 1 is 1.45 bits per heavy atom. The average Bonchev–Trinajstić information content (AvgIpc) is 2.85. The summed E-state index contributed by atoms with van der Waals surface area (Å²) in [5.41, 5.74) is 0.911. The number of nitro groups is 1. The van der Waals surface area contributed by atoms with Crippen LogP contribution in [-0.2, 0) is 13.1 Å². The highest BCUT2D eigenvalue weighted by Crippen LogP contribution is 2.21. The number of benzene rings is 1. The molecule has 0 aliphatic rings. The molecule has 0 saturated carbocycles. The van der Waals surface area contributed by atoms with Crippen molar-refractivity contribution < 1.29 is 9.31 Å². The number of halogens is 1. The van der Waals surface area contributed by atoms with E-state index in [2.05, 4.69) is 17.3 Å². The number of nitrogens with one attached hydrogen (secondary N) is 1. The van der Waals surface area contributed by atoms with E-state index in [1.54, 1.807) is 6.20 Å². The topological polar surface area (TPSA) is 73.0 Å². The van der Waals surface area contributed by atoms with Crippen LogP contribution in [0.25, 0.3) is 0 Å². The lowest BCUT2D eigenvalue weighted by atomic mass is 10.2. The van der Waals surface area contributed by atoms with Crippen molar-refractivity contribution in [2.75, 3.05) is 5.32 Å². The van der Waals surface area contributed by atoms with Crippen molar-refractivity contribution in [3.8, 4) is 0 Å². The zero-order valence-electron chi connectivity index (χ0n) is 11.0. The minimum absolute atomic E-state index is 0.236. The van der Waals surface area contributed by atoms with Gasteiger partial charge < -0.3 is 5.32 Å². The number of non-ortho nitro benzene ring substituents is 1. The predicted octanol–water partition coefficient (Wildman–Crippen LogP) is 2.95. The summed E-state index contributed by atoms with van der Waals surface area (Å²) in [6.07, 6.45) is 2.65. The van der Waals surface area contributed by atoms with Crippen LogP contribution in [0.4, 0.5) is 15.8 Å². The summed E-state index contributed by atoms with van der Waals surface area (Å²) >= 11 is 0. The summed E-state index contributed by atoms with van der Waals surface area (Å²) < 4.78 is 15.5. The number of anilines is 1. The van der Waals surface area contributed by atoms with Gasteiger partial charge in [-0.15, -0.1) is 0 Å². The van der Waals surface area contributed by atoms with Gasteiger partial charge in [0.15, 0.2) is 5.82 Å². The van der Waals surface area contributed by atoms with Gasteiger partial charge in [-0.3, -0.25) is 14.8 Å². The Morgan fingerprint density at radius 3 is 2.90 bits per heavy atom. The van der Waals surface area contributed by atoms with E-state index in [0.29, 0.717) is 6.54 Å². The van der Waals surface area contributed by atoms with Crippen LogP contribution in [0.15, 0.2) is 30.5 Å². The third-order valence-electron chi connectivity index (χ3n) is 2.86. The molecular weight excluding hydrogens is 263 g/mol. The zero-order chi connectivity index (χ0) is 14.5. The molecule has 0 saturated heterocycles.